The first-order valence-corrected chi connectivity index (χ1v) is 8.67. The predicted molar refractivity (Wildman–Crippen MR) is 109 cm³/mol. The van der Waals surface area contributed by atoms with Gasteiger partial charge in [-0.2, -0.15) is 5.10 Å². The molecule has 3 aromatic carbocycles. The summed E-state index contributed by atoms with van der Waals surface area (Å²) in [5.74, 6) is -0.180. The molecular weight excluding hydrogens is 322 g/mol. The molecule has 26 heavy (non-hydrogen) atoms. The molecule has 132 valence electrons. The van der Waals surface area contributed by atoms with Crippen LogP contribution in [0.1, 0.15) is 23.6 Å². The summed E-state index contributed by atoms with van der Waals surface area (Å²) in [4.78, 5) is 12.1. The number of aryl methyl sites for hydroxylation is 2. The Morgan fingerprint density at radius 3 is 2.54 bits per heavy atom. The van der Waals surface area contributed by atoms with Gasteiger partial charge in [0.1, 0.15) is 0 Å². The molecule has 3 aromatic rings. The van der Waals surface area contributed by atoms with Gasteiger partial charge in [-0.15, -0.1) is 0 Å². The third-order valence-electron chi connectivity index (χ3n) is 4.50. The van der Waals surface area contributed by atoms with Crippen LogP contribution >= 0.6 is 0 Å². The minimum absolute atomic E-state index is 0.164. The Hall–Kier alpha value is -3.14. The maximum absolute atomic E-state index is 12.1. The molecule has 4 heteroatoms. The van der Waals surface area contributed by atoms with Crippen LogP contribution < -0.4 is 10.7 Å². The summed E-state index contributed by atoms with van der Waals surface area (Å²) < 4.78 is 0. The van der Waals surface area contributed by atoms with Gasteiger partial charge in [0, 0.05) is 11.1 Å². The fourth-order valence-corrected chi connectivity index (χ4v) is 2.77. The maximum atomic E-state index is 12.1. The summed E-state index contributed by atoms with van der Waals surface area (Å²) in [6, 6.07) is 20.2. The Kier molecular flexibility index (Phi) is 5.32. The van der Waals surface area contributed by atoms with Gasteiger partial charge in [-0.05, 0) is 55.0 Å². The topological polar surface area (TPSA) is 53.5 Å². The van der Waals surface area contributed by atoms with E-state index in [2.05, 4.69) is 54.0 Å². The predicted octanol–water partition coefficient (Wildman–Crippen LogP) is 4.41. The molecule has 0 saturated carbocycles. The number of hydrazone groups is 1. The molecule has 0 aliphatic rings. The largest absolute Gasteiger partial charge is 0.376 e. The number of carbonyl (C=O) groups is 1. The Balaban J connectivity index is 1.62. The normalized spacial score (nSPS) is 11.4. The average Bonchev–Trinajstić information content (AvgIpc) is 2.66. The van der Waals surface area contributed by atoms with E-state index in [1.807, 2.05) is 43.3 Å². The van der Waals surface area contributed by atoms with Crippen molar-refractivity contribution in [3.63, 3.8) is 0 Å². The van der Waals surface area contributed by atoms with E-state index in [0.717, 1.165) is 27.7 Å². The highest BCUT2D eigenvalue weighted by molar-refractivity contribution is 6.00. The average molecular weight is 345 g/mol. The van der Waals surface area contributed by atoms with Gasteiger partial charge in [0.2, 0.25) is 0 Å². The fraction of sp³-hybridized carbons (Fsp3) is 0.182. The van der Waals surface area contributed by atoms with Crippen molar-refractivity contribution in [2.75, 3.05) is 11.9 Å². The van der Waals surface area contributed by atoms with Gasteiger partial charge in [0.25, 0.3) is 5.91 Å². The quantitative estimate of drug-likeness (QED) is 0.532. The third-order valence-corrected chi connectivity index (χ3v) is 4.50. The zero-order chi connectivity index (χ0) is 18.5. The van der Waals surface area contributed by atoms with Crippen molar-refractivity contribution in [2.45, 2.75) is 20.8 Å². The maximum Gasteiger partial charge on any atom is 0.259 e. The van der Waals surface area contributed by atoms with E-state index in [1.165, 1.54) is 11.1 Å². The summed E-state index contributed by atoms with van der Waals surface area (Å²) >= 11 is 0. The lowest BCUT2D eigenvalue weighted by Crippen LogP contribution is -2.26. The number of nitrogens with zero attached hydrogens (tertiary/aromatic N) is 1. The third kappa shape index (κ3) is 4.09. The summed E-state index contributed by atoms with van der Waals surface area (Å²) in [6.07, 6.45) is 0. The lowest BCUT2D eigenvalue weighted by atomic mass is 10.0. The first-order chi connectivity index (χ1) is 12.5. The second-order valence-electron chi connectivity index (χ2n) is 6.41. The molecule has 0 saturated heterocycles. The first-order valence-electron chi connectivity index (χ1n) is 8.67. The lowest BCUT2D eigenvalue weighted by Gasteiger charge is -2.09. The summed E-state index contributed by atoms with van der Waals surface area (Å²) in [5, 5.41) is 9.64. The molecule has 2 N–H and O–H groups in total. The summed E-state index contributed by atoms with van der Waals surface area (Å²) in [7, 11) is 0. The minimum Gasteiger partial charge on any atom is -0.376 e. The second-order valence-corrected chi connectivity index (χ2v) is 6.41. The Labute approximate surface area is 153 Å². The first kappa shape index (κ1) is 17.7. The van der Waals surface area contributed by atoms with Crippen molar-refractivity contribution in [3.05, 3.63) is 77.4 Å². The molecule has 0 aliphatic carbocycles. The number of nitrogens with one attached hydrogen (secondary N) is 2. The molecule has 0 heterocycles. The number of rotatable bonds is 5. The highest BCUT2D eigenvalue weighted by Gasteiger charge is 2.05. The van der Waals surface area contributed by atoms with Gasteiger partial charge < -0.3 is 5.32 Å². The van der Waals surface area contributed by atoms with Gasteiger partial charge in [0.05, 0.1) is 12.3 Å². The minimum atomic E-state index is -0.180. The molecule has 0 unspecified atom stereocenters. The van der Waals surface area contributed by atoms with E-state index in [-0.39, 0.29) is 12.5 Å². The van der Waals surface area contributed by atoms with Crippen LogP contribution in [0.15, 0.2) is 65.8 Å². The molecule has 0 fully saturated rings. The molecule has 3 rings (SSSR count). The standard InChI is InChI=1S/C22H23N3O/c1-15-11-12-19(13-16(15)2)17(3)24-25-22(26)14-23-21-10-6-8-18-7-4-5-9-20(18)21/h4-13,23H,14H2,1-3H3,(H,25,26)/b24-17-. The van der Waals surface area contributed by atoms with E-state index in [4.69, 9.17) is 0 Å². The molecular formula is C22H23N3O. The van der Waals surface area contributed by atoms with Crippen LogP contribution in [0.4, 0.5) is 5.69 Å². The SMILES string of the molecule is C/C(=N/NC(=O)CNc1cccc2ccccc12)c1ccc(C)c(C)c1. The highest BCUT2D eigenvalue weighted by Crippen LogP contribution is 2.22. The monoisotopic (exact) mass is 345 g/mol. The zero-order valence-corrected chi connectivity index (χ0v) is 15.3. The zero-order valence-electron chi connectivity index (χ0n) is 15.3. The molecule has 0 radical (unpaired) electrons. The van der Waals surface area contributed by atoms with Gasteiger partial charge in [0.15, 0.2) is 0 Å². The molecule has 0 spiro atoms. The Morgan fingerprint density at radius 2 is 1.73 bits per heavy atom. The van der Waals surface area contributed by atoms with Gasteiger partial charge in [-0.25, -0.2) is 5.43 Å². The molecule has 1 amide bonds. The summed E-state index contributed by atoms with van der Waals surface area (Å²) in [5.41, 5.74) is 7.80. The van der Waals surface area contributed by atoms with Gasteiger partial charge in [-0.1, -0.05) is 48.5 Å². The van der Waals surface area contributed by atoms with Crippen molar-refractivity contribution in [1.29, 1.82) is 0 Å². The number of hydrogen-bond donors (Lipinski definition) is 2. The molecule has 0 atom stereocenters. The van der Waals surface area contributed by atoms with Crippen LogP contribution in [-0.2, 0) is 4.79 Å². The fourth-order valence-electron chi connectivity index (χ4n) is 2.77. The van der Waals surface area contributed by atoms with Gasteiger partial charge in [-0.3, -0.25) is 4.79 Å². The summed E-state index contributed by atoms with van der Waals surface area (Å²) in [6.45, 7) is 6.20. The van der Waals surface area contributed by atoms with E-state index < -0.39 is 0 Å². The number of fused-ring (bicyclic) bond motifs is 1. The molecule has 0 aromatic heterocycles. The lowest BCUT2D eigenvalue weighted by molar-refractivity contribution is -0.119. The van der Waals surface area contributed by atoms with Crippen molar-refractivity contribution >= 4 is 28.1 Å². The number of amides is 1. The van der Waals surface area contributed by atoms with Crippen LogP contribution in [0, 0.1) is 13.8 Å². The van der Waals surface area contributed by atoms with Crippen LogP contribution in [0.3, 0.4) is 0 Å². The smallest absolute Gasteiger partial charge is 0.259 e. The van der Waals surface area contributed by atoms with Crippen LogP contribution in [0.5, 0.6) is 0 Å². The molecule has 4 nitrogen and oxygen atoms in total. The van der Waals surface area contributed by atoms with E-state index in [9.17, 15) is 4.79 Å². The van der Waals surface area contributed by atoms with Crippen LogP contribution in [0.25, 0.3) is 10.8 Å². The van der Waals surface area contributed by atoms with E-state index >= 15 is 0 Å². The Morgan fingerprint density at radius 1 is 0.962 bits per heavy atom. The van der Waals surface area contributed by atoms with Crippen molar-refractivity contribution < 1.29 is 4.79 Å². The van der Waals surface area contributed by atoms with Crippen molar-refractivity contribution in [1.82, 2.24) is 5.43 Å². The number of carbonyl (C=O) groups excluding carboxylic acids is 1. The molecule has 0 bridgehead atoms. The number of benzene rings is 3. The highest BCUT2D eigenvalue weighted by atomic mass is 16.2. The molecule has 0 aliphatic heterocycles. The van der Waals surface area contributed by atoms with E-state index in [0.29, 0.717) is 0 Å². The van der Waals surface area contributed by atoms with E-state index in [1.54, 1.807) is 0 Å². The van der Waals surface area contributed by atoms with Crippen LogP contribution in [-0.4, -0.2) is 18.2 Å². The number of hydrogen-bond acceptors (Lipinski definition) is 3. The number of anilines is 1. The second kappa shape index (κ2) is 7.83. The van der Waals surface area contributed by atoms with Crippen molar-refractivity contribution in [2.24, 2.45) is 5.10 Å². The Bertz CT molecular complexity index is 971. The van der Waals surface area contributed by atoms with Crippen molar-refractivity contribution in [3.8, 4) is 0 Å². The van der Waals surface area contributed by atoms with Crippen LogP contribution in [0.2, 0.25) is 0 Å². The van der Waals surface area contributed by atoms with Gasteiger partial charge >= 0.3 is 0 Å².